The number of nitrogens with one attached hydrogen (secondary N) is 1. The number of halogens is 1. The van der Waals surface area contributed by atoms with Gasteiger partial charge in [0.2, 0.25) is 5.91 Å². The van der Waals surface area contributed by atoms with Crippen molar-refractivity contribution in [1.29, 1.82) is 0 Å². The Balaban J connectivity index is 1.41. The van der Waals surface area contributed by atoms with Crippen LogP contribution < -0.4 is 19.7 Å². The van der Waals surface area contributed by atoms with Crippen LogP contribution in [-0.2, 0) is 4.79 Å². The molecular weight excluding hydrogens is 467 g/mol. The monoisotopic (exact) mass is 488 g/mol. The molecule has 1 aromatic heterocycles. The van der Waals surface area contributed by atoms with Gasteiger partial charge in [-0.05, 0) is 60.2 Å². The summed E-state index contributed by atoms with van der Waals surface area (Å²) in [6.07, 6.45) is 0.487. The number of hydrogen-bond acceptors (Lipinski definition) is 5. The lowest BCUT2D eigenvalue weighted by Gasteiger charge is -2.30. The molecule has 0 aliphatic carbocycles. The number of carboxylic acid groups (broad SMARTS) is 1. The molecule has 0 spiro atoms. The molecule has 4 aromatic rings. The minimum atomic E-state index is -1.20. The van der Waals surface area contributed by atoms with Crippen molar-refractivity contribution in [3.8, 4) is 17.2 Å². The van der Waals surface area contributed by atoms with Gasteiger partial charge in [-0.2, -0.15) is 5.10 Å². The molecule has 1 saturated heterocycles. The number of aromatic nitrogens is 2. The van der Waals surface area contributed by atoms with Gasteiger partial charge in [0, 0.05) is 17.5 Å². The average molecular weight is 488 g/mol. The molecule has 1 fully saturated rings. The van der Waals surface area contributed by atoms with Crippen LogP contribution in [0.3, 0.4) is 0 Å². The van der Waals surface area contributed by atoms with Gasteiger partial charge in [0.25, 0.3) is 0 Å². The quantitative estimate of drug-likeness (QED) is 0.449. The zero-order valence-corrected chi connectivity index (χ0v) is 18.9. The van der Waals surface area contributed by atoms with Crippen LogP contribution in [0.15, 0.2) is 66.9 Å². The summed E-state index contributed by atoms with van der Waals surface area (Å²) in [5.41, 5.74) is 2.83. The predicted octanol–water partition coefficient (Wildman–Crippen LogP) is 4.05. The number of nitrogens with zero attached hydrogens (tertiary/aromatic N) is 3. The van der Waals surface area contributed by atoms with Crippen molar-refractivity contribution in [3.63, 3.8) is 0 Å². The summed E-state index contributed by atoms with van der Waals surface area (Å²) < 4.78 is 26.4. The van der Waals surface area contributed by atoms with Crippen molar-refractivity contribution in [3.05, 3.63) is 78.2 Å². The van der Waals surface area contributed by atoms with Gasteiger partial charge in [-0.25, -0.2) is 13.9 Å². The fourth-order valence-corrected chi connectivity index (χ4v) is 4.91. The van der Waals surface area contributed by atoms with Crippen LogP contribution in [0.1, 0.15) is 18.0 Å². The van der Waals surface area contributed by atoms with Crippen molar-refractivity contribution < 1.29 is 28.6 Å². The van der Waals surface area contributed by atoms with Crippen LogP contribution in [0.4, 0.5) is 14.9 Å². The summed E-state index contributed by atoms with van der Waals surface area (Å²) in [5.74, 6) is 0.625. The lowest BCUT2D eigenvalue weighted by molar-refractivity contribution is -0.117. The fraction of sp³-hybridized carbons (Fsp3) is 0.192. The lowest BCUT2D eigenvalue weighted by atomic mass is 9.99. The van der Waals surface area contributed by atoms with Gasteiger partial charge in [-0.3, -0.25) is 4.79 Å². The van der Waals surface area contributed by atoms with E-state index < -0.39 is 18.2 Å². The molecule has 9 nitrogen and oxygen atoms in total. The second-order valence-electron chi connectivity index (χ2n) is 8.65. The predicted molar refractivity (Wildman–Crippen MR) is 128 cm³/mol. The highest BCUT2D eigenvalue weighted by molar-refractivity contribution is 6.00. The topological polar surface area (TPSA) is 106 Å². The molecule has 0 unspecified atom stereocenters. The third kappa shape index (κ3) is 3.76. The van der Waals surface area contributed by atoms with Crippen LogP contribution in [-0.4, -0.2) is 46.1 Å². The highest BCUT2D eigenvalue weighted by Crippen LogP contribution is 2.41. The maximum absolute atomic E-state index is 13.4. The van der Waals surface area contributed by atoms with Gasteiger partial charge in [-0.1, -0.05) is 6.07 Å². The molecular formula is C26H21FN4O5. The first kappa shape index (κ1) is 21.9. The Labute approximate surface area is 204 Å². The highest BCUT2D eigenvalue weighted by atomic mass is 19.1. The molecule has 3 heterocycles. The van der Waals surface area contributed by atoms with Gasteiger partial charge >= 0.3 is 6.09 Å². The van der Waals surface area contributed by atoms with Crippen molar-refractivity contribution >= 4 is 28.6 Å². The van der Waals surface area contributed by atoms with E-state index in [1.165, 1.54) is 12.1 Å². The van der Waals surface area contributed by atoms with Crippen LogP contribution in [0.25, 0.3) is 16.6 Å². The third-order valence-electron chi connectivity index (χ3n) is 6.44. The number of benzene rings is 3. The molecule has 10 heteroatoms. The first-order chi connectivity index (χ1) is 17.5. The number of ether oxygens (including phenoxy) is 2. The number of amides is 2. The van der Waals surface area contributed by atoms with Crippen LogP contribution in [0, 0.1) is 5.82 Å². The standard InChI is InChI=1S/C26H21FN4O5/c27-17-2-4-18(5-3-17)31-21-7-6-19(11-16(21)14-28-31)30-24(32)13-20(29-26(33)34)25(30)15-1-8-22-23(12-15)36-10-9-35-22/h1-8,11-12,14,20,25,29H,9-10,13H2,(H,33,34)/t20-,25+/m1/s1. The summed E-state index contributed by atoms with van der Waals surface area (Å²) in [5, 5.41) is 17.1. The van der Waals surface area contributed by atoms with Gasteiger partial charge < -0.3 is 24.8 Å². The van der Waals surface area contributed by atoms with E-state index in [4.69, 9.17) is 9.47 Å². The molecule has 2 atom stereocenters. The summed E-state index contributed by atoms with van der Waals surface area (Å²) in [6.45, 7) is 0.866. The van der Waals surface area contributed by atoms with Crippen molar-refractivity contribution in [2.45, 2.75) is 18.5 Å². The zero-order valence-electron chi connectivity index (χ0n) is 18.9. The molecule has 6 rings (SSSR count). The Morgan fingerprint density at radius 2 is 1.75 bits per heavy atom. The van der Waals surface area contributed by atoms with E-state index in [2.05, 4.69) is 10.4 Å². The van der Waals surface area contributed by atoms with E-state index in [1.807, 2.05) is 18.2 Å². The SMILES string of the molecule is O=C(O)N[C@@H]1CC(=O)N(c2ccc3c(cnn3-c3ccc(F)cc3)c2)[C@H]1c1ccc2c(c1)OCCO2. The molecule has 0 radical (unpaired) electrons. The number of hydrogen-bond donors (Lipinski definition) is 2. The lowest BCUT2D eigenvalue weighted by Crippen LogP contribution is -2.39. The van der Waals surface area contributed by atoms with Crippen molar-refractivity contribution in [1.82, 2.24) is 15.1 Å². The highest BCUT2D eigenvalue weighted by Gasteiger charge is 2.43. The normalized spacial score (nSPS) is 19.0. The molecule has 2 aliphatic heterocycles. The Hall–Kier alpha value is -4.60. The van der Waals surface area contributed by atoms with E-state index in [-0.39, 0.29) is 18.1 Å². The number of rotatable bonds is 4. The molecule has 0 saturated carbocycles. The average Bonchev–Trinajstić information content (AvgIpc) is 3.44. The number of carbonyl (C=O) groups is 2. The van der Waals surface area contributed by atoms with E-state index in [0.29, 0.717) is 36.1 Å². The molecule has 2 N–H and O–H groups in total. The summed E-state index contributed by atoms with van der Waals surface area (Å²) >= 11 is 0. The Morgan fingerprint density at radius 1 is 1.00 bits per heavy atom. The minimum absolute atomic E-state index is 0.0122. The Morgan fingerprint density at radius 3 is 2.53 bits per heavy atom. The first-order valence-corrected chi connectivity index (χ1v) is 11.4. The maximum Gasteiger partial charge on any atom is 0.404 e. The molecule has 2 amide bonds. The fourth-order valence-electron chi connectivity index (χ4n) is 4.91. The summed E-state index contributed by atoms with van der Waals surface area (Å²) in [6, 6.07) is 15.7. The van der Waals surface area contributed by atoms with E-state index in [9.17, 15) is 19.1 Å². The van der Waals surface area contributed by atoms with E-state index in [1.54, 1.807) is 46.1 Å². The van der Waals surface area contributed by atoms with Crippen LogP contribution >= 0.6 is 0 Å². The Kier molecular flexibility index (Phi) is 5.21. The van der Waals surface area contributed by atoms with Crippen LogP contribution in [0.2, 0.25) is 0 Å². The summed E-state index contributed by atoms with van der Waals surface area (Å²) in [7, 11) is 0. The second kappa shape index (κ2) is 8.56. The van der Waals surface area contributed by atoms with Gasteiger partial charge in [0.15, 0.2) is 11.5 Å². The van der Waals surface area contributed by atoms with Crippen molar-refractivity contribution in [2.24, 2.45) is 0 Å². The molecule has 36 heavy (non-hydrogen) atoms. The molecule has 2 aliphatic rings. The number of carbonyl (C=O) groups excluding carboxylic acids is 1. The maximum atomic E-state index is 13.4. The number of fused-ring (bicyclic) bond motifs is 2. The molecule has 0 bridgehead atoms. The first-order valence-electron chi connectivity index (χ1n) is 11.4. The largest absolute Gasteiger partial charge is 0.486 e. The minimum Gasteiger partial charge on any atom is -0.486 e. The number of anilines is 1. The molecule has 3 aromatic carbocycles. The smallest absolute Gasteiger partial charge is 0.404 e. The van der Waals surface area contributed by atoms with E-state index >= 15 is 0 Å². The van der Waals surface area contributed by atoms with Gasteiger partial charge in [0.05, 0.1) is 29.5 Å². The summed E-state index contributed by atoms with van der Waals surface area (Å²) in [4.78, 5) is 26.4. The van der Waals surface area contributed by atoms with Gasteiger partial charge in [-0.15, -0.1) is 0 Å². The van der Waals surface area contributed by atoms with Crippen LogP contribution in [0.5, 0.6) is 11.5 Å². The third-order valence-corrected chi connectivity index (χ3v) is 6.44. The van der Waals surface area contributed by atoms with E-state index in [0.717, 1.165) is 16.5 Å². The molecule has 182 valence electrons. The Bertz CT molecular complexity index is 1490. The zero-order chi connectivity index (χ0) is 24.8. The van der Waals surface area contributed by atoms with Crippen molar-refractivity contribution in [2.75, 3.05) is 18.1 Å². The second-order valence-corrected chi connectivity index (χ2v) is 8.65. The van der Waals surface area contributed by atoms with Gasteiger partial charge in [0.1, 0.15) is 19.0 Å².